The van der Waals surface area contributed by atoms with Crippen molar-refractivity contribution in [2.45, 2.75) is 19.0 Å². The largest absolute Gasteiger partial charge is 0.401 e. The van der Waals surface area contributed by atoms with Gasteiger partial charge in [-0.3, -0.25) is 4.90 Å². The molecular weight excluding hydrogens is 233 g/mol. The summed E-state index contributed by atoms with van der Waals surface area (Å²) in [6.07, 6.45) is -1.53. The molecule has 0 bridgehead atoms. The highest BCUT2D eigenvalue weighted by molar-refractivity contribution is 5.26. The van der Waals surface area contributed by atoms with E-state index in [2.05, 4.69) is 9.97 Å². The Balaban J connectivity index is 2.06. The lowest BCUT2D eigenvalue weighted by atomic mass is 10.1. The van der Waals surface area contributed by atoms with Gasteiger partial charge in [0.1, 0.15) is 0 Å². The number of rotatable bonds is 1. The fourth-order valence-corrected chi connectivity index (χ4v) is 1.95. The van der Waals surface area contributed by atoms with E-state index in [0.29, 0.717) is 25.9 Å². The van der Waals surface area contributed by atoms with Gasteiger partial charge in [0.25, 0.3) is 0 Å². The molecule has 17 heavy (non-hydrogen) atoms. The van der Waals surface area contributed by atoms with E-state index in [-0.39, 0.29) is 5.95 Å². The first-order valence-corrected chi connectivity index (χ1v) is 5.33. The SMILES string of the molecule is Nc1ncc2c(n1)CCN(CC(F)(F)F)CC2. The summed E-state index contributed by atoms with van der Waals surface area (Å²) in [6.45, 7) is -0.146. The third kappa shape index (κ3) is 3.29. The lowest BCUT2D eigenvalue weighted by Gasteiger charge is -2.20. The molecule has 0 saturated carbocycles. The molecule has 1 aliphatic rings. The van der Waals surface area contributed by atoms with Gasteiger partial charge in [-0.15, -0.1) is 0 Å². The van der Waals surface area contributed by atoms with Gasteiger partial charge in [-0.25, -0.2) is 9.97 Å². The number of aromatic nitrogens is 2. The van der Waals surface area contributed by atoms with Crippen LogP contribution in [-0.4, -0.2) is 40.7 Å². The summed E-state index contributed by atoms with van der Waals surface area (Å²) in [4.78, 5) is 9.31. The molecular formula is C10H13F3N4. The fraction of sp³-hybridized carbons (Fsp3) is 0.600. The summed E-state index contributed by atoms with van der Waals surface area (Å²) >= 11 is 0. The van der Waals surface area contributed by atoms with Gasteiger partial charge in [0.15, 0.2) is 0 Å². The number of anilines is 1. The van der Waals surface area contributed by atoms with Gasteiger partial charge in [-0.2, -0.15) is 13.2 Å². The second-order valence-electron chi connectivity index (χ2n) is 4.09. The number of hydrogen-bond donors (Lipinski definition) is 1. The number of nitrogen functional groups attached to an aromatic ring is 1. The van der Waals surface area contributed by atoms with Crippen LogP contribution in [0.15, 0.2) is 6.20 Å². The van der Waals surface area contributed by atoms with E-state index in [9.17, 15) is 13.2 Å². The first kappa shape index (κ1) is 12.1. The molecule has 0 aromatic carbocycles. The van der Waals surface area contributed by atoms with Crippen LogP contribution in [0.25, 0.3) is 0 Å². The minimum absolute atomic E-state index is 0.174. The third-order valence-corrected chi connectivity index (χ3v) is 2.74. The van der Waals surface area contributed by atoms with Gasteiger partial charge >= 0.3 is 6.18 Å². The Morgan fingerprint density at radius 3 is 2.71 bits per heavy atom. The number of nitrogens with two attached hydrogens (primary N) is 1. The number of alkyl halides is 3. The molecule has 0 amide bonds. The van der Waals surface area contributed by atoms with Gasteiger partial charge in [-0.1, -0.05) is 0 Å². The molecule has 0 fully saturated rings. The summed E-state index contributed by atoms with van der Waals surface area (Å²) in [5.74, 6) is 0.174. The van der Waals surface area contributed by atoms with Crippen molar-refractivity contribution in [1.82, 2.24) is 14.9 Å². The molecule has 0 spiro atoms. The Kier molecular flexibility index (Phi) is 3.19. The Labute approximate surface area is 96.7 Å². The maximum absolute atomic E-state index is 12.3. The Hall–Kier alpha value is -1.37. The predicted molar refractivity (Wildman–Crippen MR) is 56.3 cm³/mol. The zero-order valence-electron chi connectivity index (χ0n) is 9.17. The number of halogens is 3. The van der Waals surface area contributed by atoms with Crippen molar-refractivity contribution in [3.8, 4) is 0 Å². The highest BCUT2D eigenvalue weighted by Gasteiger charge is 2.31. The molecule has 94 valence electrons. The number of hydrogen-bond acceptors (Lipinski definition) is 4. The predicted octanol–water partition coefficient (Wildman–Crippen LogP) is 1.02. The van der Waals surface area contributed by atoms with Crippen LogP contribution in [0.5, 0.6) is 0 Å². The molecule has 1 aromatic rings. The van der Waals surface area contributed by atoms with Gasteiger partial charge in [0.05, 0.1) is 12.2 Å². The highest BCUT2D eigenvalue weighted by atomic mass is 19.4. The number of fused-ring (bicyclic) bond motifs is 1. The van der Waals surface area contributed by atoms with Crippen molar-refractivity contribution in [3.63, 3.8) is 0 Å². The van der Waals surface area contributed by atoms with E-state index in [4.69, 9.17) is 5.73 Å². The Morgan fingerprint density at radius 1 is 1.29 bits per heavy atom. The molecule has 2 heterocycles. The maximum atomic E-state index is 12.3. The van der Waals surface area contributed by atoms with Crippen LogP contribution < -0.4 is 5.73 Å². The summed E-state index contributed by atoms with van der Waals surface area (Å²) in [5, 5.41) is 0. The molecule has 1 aliphatic heterocycles. The average Bonchev–Trinajstić information content (AvgIpc) is 2.39. The summed E-state index contributed by atoms with van der Waals surface area (Å²) in [5.41, 5.74) is 7.11. The Morgan fingerprint density at radius 2 is 2.00 bits per heavy atom. The number of nitrogens with zero attached hydrogens (tertiary/aromatic N) is 3. The van der Waals surface area contributed by atoms with Crippen LogP contribution in [0.2, 0.25) is 0 Å². The molecule has 0 unspecified atom stereocenters. The van der Waals surface area contributed by atoms with Crippen molar-refractivity contribution >= 4 is 5.95 Å². The maximum Gasteiger partial charge on any atom is 0.401 e. The second-order valence-corrected chi connectivity index (χ2v) is 4.09. The van der Waals surface area contributed by atoms with Crippen LogP contribution in [0.1, 0.15) is 11.3 Å². The normalized spacial score (nSPS) is 17.6. The molecule has 0 saturated heterocycles. The van der Waals surface area contributed by atoms with Crippen LogP contribution in [0.3, 0.4) is 0 Å². The summed E-state index contributed by atoms with van der Waals surface area (Å²) in [6, 6.07) is 0. The van der Waals surface area contributed by atoms with Crippen molar-refractivity contribution in [1.29, 1.82) is 0 Å². The van der Waals surface area contributed by atoms with E-state index >= 15 is 0 Å². The van der Waals surface area contributed by atoms with E-state index in [0.717, 1.165) is 11.3 Å². The molecule has 4 nitrogen and oxygen atoms in total. The van der Waals surface area contributed by atoms with Gasteiger partial charge in [-0.05, 0) is 12.0 Å². The molecule has 1 aromatic heterocycles. The first-order valence-electron chi connectivity index (χ1n) is 5.33. The zero-order chi connectivity index (χ0) is 12.5. The van der Waals surface area contributed by atoms with E-state index in [1.807, 2.05) is 0 Å². The molecule has 0 atom stereocenters. The monoisotopic (exact) mass is 246 g/mol. The fourth-order valence-electron chi connectivity index (χ4n) is 1.95. The Bertz CT molecular complexity index is 405. The van der Waals surface area contributed by atoms with E-state index in [1.54, 1.807) is 6.20 Å². The first-order chi connectivity index (χ1) is 7.94. The third-order valence-electron chi connectivity index (χ3n) is 2.74. The van der Waals surface area contributed by atoms with Crippen LogP contribution in [0, 0.1) is 0 Å². The lowest BCUT2D eigenvalue weighted by molar-refractivity contribution is -0.145. The molecule has 0 radical (unpaired) electrons. The topological polar surface area (TPSA) is 55.0 Å². The molecule has 7 heteroatoms. The van der Waals surface area contributed by atoms with Crippen molar-refractivity contribution in [3.05, 3.63) is 17.5 Å². The smallest absolute Gasteiger partial charge is 0.368 e. The molecule has 2 rings (SSSR count). The molecule has 0 aliphatic carbocycles. The average molecular weight is 246 g/mol. The molecule has 2 N–H and O–H groups in total. The zero-order valence-corrected chi connectivity index (χ0v) is 9.17. The highest BCUT2D eigenvalue weighted by Crippen LogP contribution is 2.19. The van der Waals surface area contributed by atoms with Gasteiger partial charge in [0, 0.05) is 25.7 Å². The van der Waals surface area contributed by atoms with Crippen LogP contribution in [-0.2, 0) is 12.8 Å². The second kappa shape index (κ2) is 4.48. The van der Waals surface area contributed by atoms with Gasteiger partial charge in [0.2, 0.25) is 5.95 Å². The van der Waals surface area contributed by atoms with Crippen molar-refractivity contribution < 1.29 is 13.2 Å². The van der Waals surface area contributed by atoms with Gasteiger partial charge < -0.3 is 5.73 Å². The standard InChI is InChI=1S/C10H13F3N4/c11-10(12,13)6-17-3-1-7-5-15-9(14)16-8(7)2-4-17/h5H,1-4,6H2,(H2,14,15,16). The minimum Gasteiger partial charge on any atom is -0.368 e. The van der Waals surface area contributed by atoms with Crippen LogP contribution in [0.4, 0.5) is 19.1 Å². The quantitative estimate of drug-likeness (QED) is 0.803. The van der Waals surface area contributed by atoms with Crippen molar-refractivity contribution in [2.24, 2.45) is 0 Å². The minimum atomic E-state index is -4.15. The summed E-state index contributed by atoms with van der Waals surface area (Å²) < 4.78 is 36.8. The summed E-state index contributed by atoms with van der Waals surface area (Å²) in [7, 11) is 0. The lowest BCUT2D eigenvalue weighted by Crippen LogP contribution is -2.35. The van der Waals surface area contributed by atoms with E-state index < -0.39 is 12.7 Å². The van der Waals surface area contributed by atoms with Crippen LogP contribution >= 0.6 is 0 Å². The van der Waals surface area contributed by atoms with E-state index in [1.165, 1.54) is 4.90 Å². The van der Waals surface area contributed by atoms with Crippen molar-refractivity contribution in [2.75, 3.05) is 25.4 Å².